The molecule has 0 unspecified atom stereocenters. The minimum absolute atomic E-state index is 0.0171. The van der Waals surface area contributed by atoms with Gasteiger partial charge in [0, 0.05) is 23.7 Å². The molecule has 126 valence electrons. The van der Waals surface area contributed by atoms with Crippen molar-refractivity contribution in [2.24, 2.45) is 5.92 Å². The fourth-order valence-electron chi connectivity index (χ4n) is 2.96. The van der Waals surface area contributed by atoms with Crippen LogP contribution in [0.25, 0.3) is 0 Å². The van der Waals surface area contributed by atoms with Gasteiger partial charge in [-0.1, -0.05) is 6.07 Å². The Balaban J connectivity index is 1.30. The first-order valence-electron chi connectivity index (χ1n) is 8.75. The molecule has 1 fully saturated rings. The van der Waals surface area contributed by atoms with Gasteiger partial charge in [0.15, 0.2) is 0 Å². The van der Waals surface area contributed by atoms with Crippen molar-refractivity contribution in [2.45, 2.75) is 45.1 Å². The van der Waals surface area contributed by atoms with Crippen LogP contribution in [-0.4, -0.2) is 17.5 Å². The second-order valence-electron chi connectivity index (χ2n) is 6.71. The molecule has 0 aliphatic heterocycles. The number of fused-ring (bicyclic) bond motifs is 1. The van der Waals surface area contributed by atoms with Crippen LogP contribution in [0, 0.1) is 5.92 Å². The summed E-state index contributed by atoms with van der Waals surface area (Å²) in [4.78, 5) is 18.9. The number of ether oxygens (including phenoxy) is 1. The van der Waals surface area contributed by atoms with Gasteiger partial charge < -0.3 is 10.1 Å². The molecule has 0 bridgehead atoms. The summed E-state index contributed by atoms with van der Waals surface area (Å²) in [5, 5.41) is 2.99. The smallest absolute Gasteiger partial charge is 0.261 e. The fourth-order valence-corrected chi connectivity index (χ4v) is 4.13. The van der Waals surface area contributed by atoms with Gasteiger partial charge in [-0.25, -0.2) is 4.98 Å². The van der Waals surface area contributed by atoms with Gasteiger partial charge in [0.05, 0.1) is 11.5 Å². The molecule has 0 atom stereocenters. The molecular weight excluding hydrogens is 320 g/mol. The Bertz CT molecular complexity index is 696. The van der Waals surface area contributed by atoms with Gasteiger partial charge in [-0.15, -0.1) is 11.3 Å². The largest absolute Gasteiger partial charge is 0.477 e. The Morgan fingerprint density at radius 3 is 2.92 bits per heavy atom. The molecule has 2 heterocycles. The topological polar surface area (TPSA) is 51.2 Å². The number of pyridine rings is 1. The minimum Gasteiger partial charge on any atom is -0.477 e. The van der Waals surface area contributed by atoms with Gasteiger partial charge in [0.25, 0.3) is 5.91 Å². The quantitative estimate of drug-likeness (QED) is 0.870. The summed E-state index contributed by atoms with van der Waals surface area (Å²) in [7, 11) is 0. The number of thiophene rings is 1. The number of nitrogens with zero attached hydrogens (tertiary/aromatic N) is 1. The van der Waals surface area contributed by atoms with E-state index in [9.17, 15) is 4.79 Å². The molecule has 2 aliphatic rings. The zero-order chi connectivity index (χ0) is 16.4. The molecule has 2 aromatic heterocycles. The van der Waals surface area contributed by atoms with Crippen molar-refractivity contribution in [3.05, 3.63) is 45.3 Å². The SMILES string of the molecule is O=C(NCc1ccc(OCC2CC2)nc1)c1cc2c(s1)CCCC2. The lowest BCUT2D eigenvalue weighted by Gasteiger charge is -2.08. The maximum Gasteiger partial charge on any atom is 0.261 e. The third-order valence-corrected chi connectivity index (χ3v) is 5.87. The Morgan fingerprint density at radius 2 is 2.17 bits per heavy atom. The Kier molecular flexibility index (Phi) is 4.52. The molecule has 1 saturated carbocycles. The van der Waals surface area contributed by atoms with Crippen molar-refractivity contribution < 1.29 is 9.53 Å². The highest BCUT2D eigenvalue weighted by Crippen LogP contribution is 2.30. The normalized spacial score (nSPS) is 16.5. The predicted molar refractivity (Wildman–Crippen MR) is 94.6 cm³/mol. The number of hydrogen-bond donors (Lipinski definition) is 1. The molecule has 4 rings (SSSR count). The monoisotopic (exact) mass is 342 g/mol. The molecule has 5 heteroatoms. The van der Waals surface area contributed by atoms with Crippen LogP contribution in [0.1, 0.15) is 51.4 Å². The highest BCUT2D eigenvalue weighted by Gasteiger charge is 2.22. The van der Waals surface area contributed by atoms with Crippen LogP contribution in [0.4, 0.5) is 0 Å². The molecule has 4 nitrogen and oxygen atoms in total. The molecule has 0 radical (unpaired) electrons. The average molecular weight is 342 g/mol. The van der Waals surface area contributed by atoms with Crippen molar-refractivity contribution in [2.75, 3.05) is 6.61 Å². The summed E-state index contributed by atoms with van der Waals surface area (Å²) in [6, 6.07) is 5.92. The van der Waals surface area contributed by atoms with E-state index in [-0.39, 0.29) is 5.91 Å². The molecule has 0 aromatic carbocycles. The molecular formula is C19H22N2O2S. The number of aryl methyl sites for hydroxylation is 2. The zero-order valence-corrected chi connectivity index (χ0v) is 14.5. The Labute approximate surface area is 146 Å². The second kappa shape index (κ2) is 6.93. The Morgan fingerprint density at radius 1 is 1.29 bits per heavy atom. The van der Waals surface area contributed by atoms with Crippen LogP contribution >= 0.6 is 11.3 Å². The van der Waals surface area contributed by atoms with Crippen LogP contribution < -0.4 is 10.1 Å². The van der Waals surface area contributed by atoms with Crippen LogP contribution in [0.3, 0.4) is 0 Å². The van der Waals surface area contributed by atoms with E-state index in [1.54, 1.807) is 17.5 Å². The summed E-state index contributed by atoms with van der Waals surface area (Å²) < 4.78 is 5.63. The average Bonchev–Trinajstić information content (AvgIpc) is 3.35. The van der Waals surface area contributed by atoms with Gasteiger partial charge in [0.1, 0.15) is 0 Å². The van der Waals surface area contributed by atoms with Gasteiger partial charge >= 0.3 is 0 Å². The van der Waals surface area contributed by atoms with Crippen molar-refractivity contribution in [1.29, 1.82) is 0 Å². The van der Waals surface area contributed by atoms with E-state index in [0.717, 1.165) is 35.8 Å². The van der Waals surface area contributed by atoms with Crippen LogP contribution in [0.2, 0.25) is 0 Å². The molecule has 24 heavy (non-hydrogen) atoms. The molecule has 2 aliphatic carbocycles. The van der Waals surface area contributed by atoms with Crippen molar-refractivity contribution in [3.8, 4) is 5.88 Å². The predicted octanol–water partition coefficient (Wildman–Crippen LogP) is 3.74. The Hall–Kier alpha value is -1.88. The van der Waals surface area contributed by atoms with E-state index in [4.69, 9.17) is 4.74 Å². The van der Waals surface area contributed by atoms with E-state index in [1.165, 1.54) is 36.1 Å². The van der Waals surface area contributed by atoms with Crippen LogP contribution in [0.5, 0.6) is 5.88 Å². The van der Waals surface area contributed by atoms with Gasteiger partial charge in [-0.2, -0.15) is 0 Å². The summed E-state index contributed by atoms with van der Waals surface area (Å²) in [6.07, 6.45) is 9.06. The van der Waals surface area contributed by atoms with E-state index < -0.39 is 0 Å². The summed E-state index contributed by atoms with van der Waals surface area (Å²) in [5.74, 6) is 1.41. The first-order chi connectivity index (χ1) is 11.8. The number of carbonyl (C=O) groups excluding carboxylic acids is 1. The summed E-state index contributed by atoms with van der Waals surface area (Å²) in [6.45, 7) is 1.27. The van der Waals surface area contributed by atoms with Crippen LogP contribution in [-0.2, 0) is 19.4 Å². The number of hydrogen-bond acceptors (Lipinski definition) is 4. The number of amides is 1. The lowest BCUT2D eigenvalue weighted by Crippen LogP contribution is -2.21. The second-order valence-corrected chi connectivity index (χ2v) is 7.84. The van der Waals surface area contributed by atoms with Gasteiger partial charge in [-0.3, -0.25) is 4.79 Å². The number of nitrogens with one attached hydrogen (secondary N) is 1. The zero-order valence-electron chi connectivity index (χ0n) is 13.7. The first kappa shape index (κ1) is 15.6. The highest BCUT2D eigenvalue weighted by atomic mass is 32.1. The molecule has 1 N–H and O–H groups in total. The van der Waals surface area contributed by atoms with E-state index >= 15 is 0 Å². The summed E-state index contributed by atoms with van der Waals surface area (Å²) >= 11 is 1.65. The highest BCUT2D eigenvalue weighted by molar-refractivity contribution is 7.14. The van der Waals surface area contributed by atoms with Crippen molar-refractivity contribution >= 4 is 17.2 Å². The number of aromatic nitrogens is 1. The lowest BCUT2D eigenvalue weighted by molar-refractivity contribution is 0.0955. The van der Waals surface area contributed by atoms with E-state index in [1.807, 2.05) is 12.1 Å². The van der Waals surface area contributed by atoms with Gasteiger partial charge in [0.2, 0.25) is 5.88 Å². The van der Waals surface area contributed by atoms with Crippen molar-refractivity contribution in [3.63, 3.8) is 0 Å². The van der Waals surface area contributed by atoms with Gasteiger partial charge in [-0.05, 0) is 61.6 Å². The van der Waals surface area contributed by atoms with Crippen molar-refractivity contribution in [1.82, 2.24) is 10.3 Å². The molecule has 0 saturated heterocycles. The molecule has 1 amide bonds. The van der Waals surface area contributed by atoms with E-state index in [0.29, 0.717) is 12.4 Å². The lowest BCUT2D eigenvalue weighted by atomic mass is 9.99. The first-order valence-corrected chi connectivity index (χ1v) is 9.57. The van der Waals surface area contributed by atoms with Crippen LogP contribution in [0.15, 0.2) is 24.4 Å². The molecule has 0 spiro atoms. The number of rotatable bonds is 6. The molecule has 2 aromatic rings. The fraction of sp³-hybridized carbons (Fsp3) is 0.474. The maximum absolute atomic E-state index is 12.3. The third kappa shape index (κ3) is 3.78. The summed E-state index contributed by atoms with van der Waals surface area (Å²) in [5.41, 5.74) is 2.36. The van der Waals surface area contributed by atoms with E-state index in [2.05, 4.69) is 16.4 Å². The minimum atomic E-state index is 0.0171. The maximum atomic E-state index is 12.3. The standard InChI is InChI=1S/C19H22N2O2S/c22-19(17-9-15-3-1-2-4-16(15)24-17)21-11-14-7-8-18(20-10-14)23-12-13-5-6-13/h7-10,13H,1-6,11-12H2,(H,21,22). The third-order valence-electron chi connectivity index (χ3n) is 4.63. The number of carbonyl (C=O) groups is 1.